The highest BCUT2D eigenvalue weighted by molar-refractivity contribution is 7.13. The van der Waals surface area contributed by atoms with E-state index >= 15 is 0 Å². The van der Waals surface area contributed by atoms with Crippen LogP contribution in [0.15, 0.2) is 53.9 Å². The van der Waals surface area contributed by atoms with E-state index in [0.29, 0.717) is 27.0 Å². The first-order valence-corrected chi connectivity index (χ1v) is 11.4. The number of ether oxygens (including phenoxy) is 1. The van der Waals surface area contributed by atoms with Gasteiger partial charge in [-0.25, -0.2) is 9.48 Å². The molecule has 0 fully saturated rings. The van der Waals surface area contributed by atoms with Crippen LogP contribution in [-0.2, 0) is 4.74 Å². The maximum atomic E-state index is 12.3. The lowest BCUT2D eigenvalue weighted by Gasteiger charge is -2.10. The normalized spacial score (nSPS) is 10.7. The molecule has 0 unspecified atom stereocenters. The van der Waals surface area contributed by atoms with E-state index in [-0.39, 0.29) is 12.3 Å². The maximum Gasteiger partial charge on any atom is 0.359 e. The summed E-state index contributed by atoms with van der Waals surface area (Å²) in [5.41, 5.74) is 5.78. The van der Waals surface area contributed by atoms with Gasteiger partial charge in [-0.3, -0.25) is 0 Å². The third-order valence-electron chi connectivity index (χ3n) is 4.88. The van der Waals surface area contributed by atoms with Gasteiger partial charge in [-0.2, -0.15) is 5.10 Å². The fraction of sp³-hybridized carbons (Fsp3) is 0.120. The van der Waals surface area contributed by atoms with Crippen LogP contribution in [0.4, 0.5) is 0 Å². The lowest BCUT2D eigenvalue weighted by atomic mass is 10.1. The van der Waals surface area contributed by atoms with Gasteiger partial charge in [-0.15, -0.1) is 17.8 Å². The van der Waals surface area contributed by atoms with Crippen molar-refractivity contribution in [3.05, 3.63) is 80.8 Å². The highest BCUT2D eigenvalue weighted by atomic mass is 35.5. The molecule has 0 aliphatic heterocycles. The maximum absolute atomic E-state index is 12.3. The predicted octanol–water partition coefficient (Wildman–Crippen LogP) is 7.04. The van der Waals surface area contributed by atoms with Gasteiger partial charge in [0.1, 0.15) is 0 Å². The minimum absolute atomic E-state index is 0.226. The smallest absolute Gasteiger partial charge is 0.359 e. The molecule has 0 spiro atoms. The van der Waals surface area contributed by atoms with Gasteiger partial charge in [0, 0.05) is 16.1 Å². The van der Waals surface area contributed by atoms with E-state index in [4.69, 9.17) is 34.4 Å². The molecule has 2 aliphatic rings. The number of esters is 1. The minimum atomic E-state index is -0.492. The van der Waals surface area contributed by atoms with Crippen molar-refractivity contribution in [1.82, 2.24) is 9.78 Å². The molecular formula is C25H18Cl2N2O2S. The summed E-state index contributed by atoms with van der Waals surface area (Å²) in [5, 5.41) is 7.29. The Morgan fingerprint density at radius 3 is 2.50 bits per heavy atom. The Morgan fingerprint density at radius 2 is 1.94 bits per heavy atom. The van der Waals surface area contributed by atoms with E-state index in [1.165, 1.54) is 22.5 Å². The first kappa shape index (κ1) is 22.2. The van der Waals surface area contributed by atoms with Crippen LogP contribution < -0.4 is 0 Å². The molecule has 0 bridgehead atoms. The lowest BCUT2D eigenvalue weighted by Crippen LogP contribution is -2.08. The van der Waals surface area contributed by atoms with Crippen LogP contribution in [0.5, 0.6) is 0 Å². The number of benzene rings is 2. The van der Waals surface area contributed by atoms with Crippen molar-refractivity contribution in [2.45, 2.75) is 13.8 Å². The first-order chi connectivity index (χ1) is 15.4. The van der Waals surface area contributed by atoms with Crippen LogP contribution in [0.25, 0.3) is 27.4 Å². The van der Waals surface area contributed by atoms with Gasteiger partial charge in [-0.1, -0.05) is 47.3 Å². The van der Waals surface area contributed by atoms with E-state index in [1.54, 1.807) is 29.8 Å². The number of carbonyl (C=O) groups excluding carboxylic acids is 1. The summed E-state index contributed by atoms with van der Waals surface area (Å²) in [4.78, 5) is 13.2. The lowest BCUT2D eigenvalue weighted by molar-refractivity contribution is 0.0518. The Kier molecular flexibility index (Phi) is 6.38. The van der Waals surface area contributed by atoms with Gasteiger partial charge in [-0.05, 0) is 60.7 Å². The second kappa shape index (κ2) is 9.22. The van der Waals surface area contributed by atoms with Crippen LogP contribution in [-0.4, -0.2) is 22.4 Å². The van der Waals surface area contributed by atoms with Crippen LogP contribution in [0, 0.1) is 19.3 Å². The zero-order valence-electron chi connectivity index (χ0n) is 17.4. The molecule has 2 aliphatic carbocycles. The van der Waals surface area contributed by atoms with E-state index in [2.05, 4.69) is 35.3 Å². The largest absolute Gasteiger partial charge is 0.461 e. The van der Waals surface area contributed by atoms with Crippen molar-refractivity contribution in [2.75, 3.05) is 6.61 Å². The monoisotopic (exact) mass is 480 g/mol. The van der Waals surface area contributed by atoms with Crippen molar-refractivity contribution in [3.63, 3.8) is 0 Å². The van der Waals surface area contributed by atoms with Crippen LogP contribution in [0.1, 0.15) is 28.5 Å². The Morgan fingerprint density at radius 1 is 1.19 bits per heavy atom. The Hall–Kier alpha value is -3.04. The average Bonchev–Trinajstić information content (AvgIpc) is 3.12. The molecule has 2 aromatic heterocycles. The number of halogens is 2. The van der Waals surface area contributed by atoms with Crippen molar-refractivity contribution in [3.8, 4) is 39.7 Å². The molecule has 0 radical (unpaired) electrons. The number of fused-ring (bicyclic) bond motifs is 1. The van der Waals surface area contributed by atoms with Gasteiger partial charge < -0.3 is 4.74 Å². The van der Waals surface area contributed by atoms with Gasteiger partial charge in [0.05, 0.1) is 27.9 Å². The summed E-state index contributed by atoms with van der Waals surface area (Å²) in [6.07, 6.45) is 5.63. The first-order valence-electron chi connectivity index (χ1n) is 9.81. The molecule has 0 atom stereocenters. The Bertz CT molecular complexity index is 1350. The zero-order chi connectivity index (χ0) is 22.8. The third-order valence-corrected chi connectivity index (χ3v) is 6.34. The SMILES string of the molecule is C#Cc1ccsc1-c1c(C)c(C(=O)OCC)nn1-c1ccc(Cl)cc1Cl.c1cc2cc-2c1. The summed E-state index contributed by atoms with van der Waals surface area (Å²) in [6, 6.07) is 15.4. The molecule has 5 rings (SSSR count). The summed E-state index contributed by atoms with van der Waals surface area (Å²) in [7, 11) is 0. The van der Waals surface area contributed by atoms with E-state index < -0.39 is 5.97 Å². The van der Waals surface area contributed by atoms with Crippen LogP contribution in [0.3, 0.4) is 0 Å². The molecule has 0 saturated carbocycles. The van der Waals surface area contributed by atoms with E-state index in [9.17, 15) is 4.79 Å². The Labute approximate surface area is 200 Å². The number of terminal acetylenes is 1. The number of rotatable bonds is 4. The molecule has 4 nitrogen and oxygen atoms in total. The number of carbonyl (C=O) groups is 1. The fourth-order valence-electron chi connectivity index (χ4n) is 3.27. The van der Waals surface area contributed by atoms with Gasteiger partial charge >= 0.3 is 5.97 Å². The highest BCUT2D eigenvalue weighted by Gasteiger charge is 2.25. The number of hydrogen-bond acceptors (Lipinski definition) is 4. The van der Waals surface area contributed by atoms with Crippen molar-refractivity contribution >= 4 is 40.5 Å². The molecule has 0 amide bonds. The third kappa shape index (κ3) is 4.31. The summed E-state index contributed by atoms with van der Waals surface area (Å²) in [5.74, 6) is 2.17. The number of aromatic nitrogens is 2. The van der Waals surface area contributed by atoms with E-state index in [0.717, 1.165) is 10.4 Å². The number of thiophene rings is 1. The second-order valence-electron chi connectivity index (χ2n) is 6.94. The minimum Gasteiger partial charge on any atom is -0.461 e. The topological polar surface area (TPSA) is 44.1 Å². The number of hydrogen-bond donors (Lipinski definition) is 0. The molecule has 0 saturated heterocycles. The quantitative estimate of drug-likeness (QED) is 0.204. The Balaban J connectivity index is 0.000000346. The molecule has 1 aromatic carbocycles. The summed E-state index contributed by atoms with van der Waals surface area (Å²) < 4.78 is 6.75. The van der Waals surface area contributed by atoms with E-state index in [1.807, 2.05) is 18.4 Å². The molecule has 32 heavy (non-hydrogen) atoms. The van der Waals surface area contributed by atoms with Crippen LogP contribution >= 0.6 is 34.5 Å². The van der Waals surface area contributed by atoms with Gasteiger partial charge in [0.15, 0.2) is 5.69 Å². The second-order valence-corrected chi connectivity index (χ2v) is 8.70. The summed E-state index contributed by atoms with van der Waals surface area (Å²) in [6.45, 7) is 3.82. The van der Waals surface area contributed by atoms with Crippen LogP contribution in [0.2, 0.25) is 10.0 Å². The molecule has 160 valence electrons. The summed E-state index contributed by atoms with van der Waals surface area (Å²) >= 11 is 13.9. The molecular weight excluding hydrogens is 463 g/mol. The highest BCUT2D eigenvalue weighted by Crippen LogP contribution is 2.37. The van der Waals surface area contributed by atoms with Crippen molar-refractivity contribution in [1.29, 1.82) is 0 Å². The number of nitrogens with zero attached hydrogens (tertiary/aromatic N) is 2. The van der Waals surface area contributed by atoms with Gasteiger partial charge in [0.2, 0.25) is 0 Å². The molecule has 7 heteroatoms. The van der Waals surface area contributed by atoms with Gasteiger partial charge in [0.25, 0.3) is 0 Å². The molecule has 0 N–H and O–H groups in total. The van der Waals surface area contributed by atoms with Crippen molar-refractivity contribution in [2.24, 2.45) is 0 Å². The molecule has 2 heterocycles. The zero-order valence-corrected chi connectivity index (χ0v) is 19.7. The predicted molar refractivity (Wildman–Crippen MR) is 131 cm³/mol. The fourth-order valence-corrected chi connectivity index (χ4v) is 4.70. The molecule has 3 aromatic rings. The standard InChI is InChI=1S/C19H14Cl2N2O2S.C6H4/c1-4-12-8-9-26-18(12)17-11(3)16(19(24)25-5-2)22-23(17)15-7-6-13(20)10-14(15)21;1-2-5-4-6(5)3-1/h1,6-10H,5H2,2-3H3;1-4H. The average molecular weight is 481 g/mol. The van der Waals surface area contributed by atoms with Crippen molar-refractivity contribution < 1.29 is 9.53 Å².